The lowest BCUT2D eigenvalue weighted by atomic mass is 9.47. The van der Waals surface area contributed by atoms with Gasteiger partial charge < -0.3 is 10.2 Å². The second-order valence-electron chi connectivity index (χ2n) is 13.9. The van der Waals surface area contributed by atoms with Gasteiger partial charge in [-0.1, -0.05) is 54.9 Å². The molecule has 6 aliphatic carbocycles. The number of carbonyl (C=O) groups is 2. The van der Waals surface area contributed by atoms with Crippen molar-refractivity contribution in [3.8, 4) is 0 Å². The molecular formula is C30H40O4. The summed E-state index contributed by atoms with van der Waals surface area (Å²) >= 11 is 0. The number of fused-ring (bicyclic) bond motifs is 5. The van der Waals surface area contributed by atoms with Crippen LogP contribution in [0.1, 0.15) is 87.0 Å². The molecule has 6 aliphatic rings. The Labute approximate surface area is 203 Å². The zero-order valence-corrected chi connectivity index (χ0v) is 21.8. The predicted octanol–water partition coefficient (Wildman–Crippen LogP) is 5.86. The summed E-state index contributed by atoms with van der Waals surface area (Å²) in [5, 5.41) is 23.5. The van der Waals surface area contributed by atoms with Gasteiger partial charge in [-0.05, 0) is 71.8 Å². The minimum absolute atomic E-state index is 0.0663. The standard InChI is InChI=1S/C30H40O4/c1-14(2)17-20-18-19(26(34)30(20)12-11-29(15(3)4)13-16(29)30)23(32)25-27(5,6)9-8-10-28(25,7)21(18)24(33)22(17)31/h14-16,23,25,32-33H,8-13H2,1-7H3. The van der Waals surface area contributed by atoms with Gasteiger partial charge in [-0.15, -0.1) is 0 Å². The minimum atomic E-state index is -0.858. The number of aliphatic hydroxyl groups excluding tert-OH is 2. The van der Waals surface area contributed by atoms with E-state index in [4.69, 9.17) is 0 Å². The van der Waals surface area contributed by atoms with Gasteiger partial charge in [0.05, 0.1) is 11.5 Å². The molecule has 34 heavy (non-hydrogen) atoms. The van der Waals surface area contributed by atoms with Crippen LogP contribution in [0, 0.1) is 45.3 Å². The van der Waals surface area contributed by atoms with Crippen LogP contribution < -0.4 is 0 Å². The summed E-state index contributed by atoms with van der Waals surface area (Å²) in [5.41, 5.74) is 2.24. The van der Waals surface area contributed by atoms with Gasteiger partial charge in [-0.2, -0.15) is 0 Å². The molecule has 6 unspecified atom stereocenters. The van der Waals surface area contributed by atoms with E-state index < -0.39 is 16.9 Å². The fourth-order valence-corrected chi connectivity index (χ4v) is 9.99. The topological polar surface area (TPSA) is 74.6 Å². The summed E-state index contributed by atoms with van der Waals surface area (Å²) in [5.74, 6) is 0.0418. The zero-order valence-electron chi connectivity index (χ0n) is 21.8. The molecule has 4 nitrogen and oxygen atoms in total. The Morgan fingerprint density at radius 1 is 0.941 bits per heavy atom. The molecule has 3 fully saturated rings. The van der Waals surface area contributed by atoms with Crippen molar-refractivity contribution in [1.82, 2.24) is 0 Å². The van der Waals surface area contributed by atoms with Crippen molar-refractivity contribution >= 4 is 11.6 Å². The number of hydrogen-bond acceptors (Lipinski definition) is 4. The molecule has 0 aromatic heterocycles. The van der Waals surface area contributed by atoms with Crippen LogP contribution in [0.5, 0.6) is 0 Å². The highest BCUT2D eigenvalue weighted by molar-refractivity contribution is 6.19. The van der Waals surface area contributed by atoms with E-state index in [0.29, 0.717) is 22.6 Å². The van der Waals surface area contributed by atoms with Crippen molar-refractivity contribution in [3.05, 3.63) is 33.6 Å². The number of Topliss-reactive ketones (excluding diaryl/α,β-unsaturated/α-hetero) is 2. The Morgan fingerprint density at radius 3 is 2.18 bits per heavy atom. The second kappa shape index (κ2) is 6.35. The van der Waals surface area contributed by atoms with E-state index in [1.165, 1.54) is 0 Å². The molecule has 0 saturated heterocycles. The molecule has 3 saturated carbocycles. The summed E-state index contributed by atoms with van der Waals surface area (Å²) in [4.78, 5) is 28.5. The second-order valence-corrected chi connectivity index (χ2v) is 13.9. The van der Waals surface area contributed by atoms with Crippen molar-refractivity contribution in [2.45, 2.75) is 93.1 Å². The van der Waals surface area contributed by atoms with Crippen molar-refractivity contribution in [3.63, 3.8) is 0 Å². The minimum Gasteiger partial charge on any atom is -0.504 e. The first kappa shape index (κ1) is 22.8. The number of allylic oxidation sites excluding steroid dienone is 4. The Kier molecular flexibility index (Phi) is 4.25. The van der Waals surface area contributed by atoms with Crippen LogP contribution in [0.3, 0.4) is 0 Å². The van der Waals surface area contributed by atoms with Gasteiger partial charge in [0.15, 0.2) is 11.5 Å². The van der Waals surface area contributed by atoms with Crippen molar-refractivity contribution in [1.29, 1.82) is 0 Å². The number of carbonyl (C=O) groups excluding carboxylic acids is 2. The lowest BCUT2D eigenvalue weighted by molar-refractivity contribution is -0.125. The number of rotatable bonds is 2. The van der Waals surface area contributed by atoms with E-state index in [9.17, 15) is 19.8 Å². The maximum absolute atomic E-state index is 14.6. The molecule has 6 atom stereocenters. The Balaban J connectivity index is 1.68. The first-order valence-electron chi connectivity index (χ1n) is 13.5. The first-order chi connectivity index (χ1) is 15.8. The van der Waals surface area contributed by atoms with Gasteiger partial charge in [0.1, 0.15) is 0 Å². The van der Waals surface area contributed by atoms with E-state index in [-0.39, 0.29) is 45.9 Å². The van der Waals surface area contributed by atoms with Crippen LogP contribution in [0.2, 0.25) is 0 Å². The summed E-state index contributed by atoms with van der Waals surface area (Å²) in [6.07, 6.45) is 4.68. The van der Waals surface area contributed by atoms with Gasteiger partial charge in [0.25, 0.3) is 0 Å². The van der Waals surface area contributed by atoms with E-state index in [1.54, 1.807) is 0 Å². The molecule has 0 aliphatic heterocycles. The molecule has 184 valence electrons. The van der Waals surface area contributed by atoms with Crippen molar-refractivity contribution in [2.24, 2.45) is 45.3 Å². The van der Waals surface area contributed by atoms with E-state index >= 15 is 0 Å². The molecule has 4 heteroatoms. The summed E-state index contributed by atoms with van der Waals surface area (Å²) < 4.78 is 0. The Bertz CT molecular complexity index is 1150. The van der Waals surface area contributed by atoms with Crippen LogP contribution >= 0.6 is 0 Å². The fraction of sp³-hybridized carbons (Fsp3) is 0.733. The maximum atomic E-state index is 14.6. The average molecular weight is 465 g/mol. The third-order valence-electron chi connectivity index (χ3n) is 11.5. The van der Waals surface area contributed by atoms with Crippen LogP contribution in [0.15, 0.2) is 33.6 Å². The third-order valence-corrected chi connectivity index (χ3v) is 11.5. The van der Waals surface area contributed by atoms with Gasteiger partial charge >= 0.3 is 0 Å². The summed E-state index contributed by atoms with van der Waals surface area (Å²) in [6, 6.07) is 0. The smallest absolute Gasteiger partial charge is 0.224 e. The molecule has 0 aromatic rings. The molecule has 0 amide bonds. The summed E-state index contributed by atoms with van der Waals surface area (Å²) in [6.45, 7) is 15.0. The lowest BCUT2D eigenvalue weighted by Gasteiger charge is -2.57. The highest BCUT2D eigenvalue weighted by Gasteiger charge is 2.77. The molecular weight excluding hydrogens is 424 g/mol. The third kappa shape index (κ3) is 2.22. The SMILES string of the molecule is CC(C)C1=C2C3=C(C(=O)C24CCC2(C(C)C)CC42)C(O)C2C(C)(C)CCCC2(C)C3=C(O)C1=O. The molecule has 1 spiro atoms. The van der Waals surface area contributed by atoms with Gasteiger partial charge in [0, 0.05) is 28.1 Å². The predicted molar refractivity (Wildman–Crippen MR) is 131 cm³/mol. The fourth-order valence-electron chi connectivity index (χ4n) is 9.99. The molecule has 2 N–H and O–H groups in total. The Hall–Kier alpha value is -1.68. The van der Waals surface area contributed by atoms with Crippen LogP contribution in [-0.2, 0) is 9.59 Å². The molecule has 0 radical (unpaired) electrons. The van der Waals surface area contributed by atoms with Crippen LogP contribution in [0.4, 0.5) is 0 Å². The quantitative estimate of drug-likeness (QED) is 0.536. The molecule has 0 aromatic carbocycles. The summed E-state index contributed by atoms with van der Waals surface area (Å²) in [7, 11) is 0. The zero-order chi connectivity index (χ0) is 24.7. The number of ketones is 2. The number of hydrogen-bond donors (Lipinski definition) is 2. The van der Waals surface area contributed by atoms with Crippen LogP contribution in [0.25, 0.3) is 0 Å². The Morgan fingerprint density at radius 2 is 1.62 bits per heavy atom. The monoisotopic (exact) mass is 464 g/mol. The molecule has 6 rings (SSSR count). The van der Waals surface area contributed by atoms with Crippen molar-refractivity contribution < 1.29 is 19.8 Å². The maximum Gasteiger partial charge on any atom is 0.224 e. The van der Waals surface area contributed by atoms with Gasteiger partial charge in [-0.3, -0.25) is 9.59 Å². The van der Waals surface area contributed by atoms with E-state index in [2.05, 4.69) is 34.6 Å². The normalized spacial score (nSPS) is 44.5. The average Bonchev–Trinajstić information content (AvgIpc) is 3.31. The highest BCUT2D eigenvalue weighted by atomic mass is 16.3. The first-order valence-corrected chi connectivity index (χ1v) is 13.5. The number of aliphatic hydroxyl groups is 2. The highest BCUT2D eigenvalue weighted by Crippen LogP contribution is 2.80. The van der Waals surface area contributed by atoms with Crippen LogP contribution in [-0.4, -0.2) is 27.9 Å². The largest absolute Gasteiger partial charge is 0.504 e. The van der Waals surface area contributed by atoms with Gasteiger partial charge in [0.2, 0.25) is 5.78 Å². The van der Waals surface area contributed by atoms with Gasteiger partial charge in [-0.25, -0.2) is 0 Å². The van der Waals surface area contributed by atoms with E-state index in [0.717, 1.165) is 49.7 Å². The molecule has 0 bridgehead atoms. The van der Waals surface area contributed by atoms with Crippen molar-refractivity contribution in [2.75, 3.05) is 0 Å². The van der Waals surface area contributed by atoms with E-state index in [1.807, 2.05) is 13.8 Å². The molecule has 0 heterocycles. The lowest BCUT2D eigenvalue weighted by Crippen LogP contribution is -2.54.